The number of aromatic nitrogens is 3. The minimum absolute atomic E-state index is 0.00497. The van der Waals surface area contributed by atoms with Crippen LogP contribution >= 0.6 is 0 Å². The predicted molar refractivity (Wildman–Crippen MR) is 116 cm³/mol. The quantitative estimate of drug-likeness (QED) is 0.577. The first-order valence-corrected chi connectivity index (χ1v) is 11.0. The number of nitrogens with zero attached hydrogens (tertiary/aromatic N) is 4. The number of pyridine rings is 2. The highest BCUT2D eigenvalue weighted by atomic mass is 19.4. The van der Waals surface area contributed by atoms with Crippen LogP contribution in [0.1, 0.15) is 25.0 Å². The van der Waals surface area contributed by atoms with Gasteiger partial charge in [-0.3, -0.25) is 14.7 Å². The van der Waals surface area contributed by atoms with Crippen LogP contribution in [-0.2, 0) is 4.79 Å². The van der Waals surface area contributed by atoms with E-state index in [1.54, 1.807) is 16.9 Å². The van der Waals surface area contributed by atoms with E-state index in [1.807, 2.05) is 31.2 Å². The molecule has 1 amide bonds. The summed E-state index contributed by atoms with van der Waals surface area (Å²) in [6, 6.07) is 7.24. The Morgan fingerprint density at radius 2 is 2.06 bits per heavy atom. The third-order valence-electron chi connectivity index (χ3n) is 6.06. The molecule has 2 aliphatic rings. The van der Waals surface area contributed by atoms with Crippen LogP contribution in [0.4, 0.5) is 19.0 Å². The molecular formula is C23H24F3N5O2. The second-order valence-corrected chi connectivity index (χ2v) is 8.74. The molecule has 33 heavy (non-hydrogen) atoms. The number of rotatable bonds is 7. The number of carbonyl (C=O) groups is 1. The molecule has 1 saturated heterocycles. The van der Waals surface area contributed by atoms with Gasteiger partial charge in [-0.2, -0.15) is 18.3 Å². The Morgan fingerprint density at radius 3 is 2.76 bits per heavy atom. The molecule has 1 atom stereocenters. The number of nitrogens with one attached hydrogen (secondary N) is 1. The van der Waals surface area contributed by atoms with Gasteiger partial charge in [-0.1, -0.05) is 0 Å². The molecule has 1 N–H and O–H groups in total. The topological polar surface area (TPSA) is 71.8 Å². The monoisotopic (exact) mass is 459 g/mol. The number of aryl methyl sites for hydroxylation is 1. The molecule has 0 aromatic carbocycles. The van der Waals surface area contributed by atoms with Gasteiger partial charge < -0.3 is 10.1 Å². The van der Waals surface area contributed by atoms with Crippen molar-refractivity contribution in [3.05, 3.63) is 42.4 Å². The smallest absolute Gasteiger partial charge is 0.401 e. The van der Waals surface area contributed by atoms with Crippen LogP contribution in [-0.4, -0.2) is 57.3 Å². The number of likely N-dealkylation sites (tertiary alicyclic amines) is 1. The molecule has 1 saturated carbocycles. The predicted octanol–water partition coefficient (Wildman–Crippen LogP) is 4.07. The van der Waals surface area contributed by atoms with Gasteiger partial charge in [-0.25, -0.2) is 4.52 Å². The average molecular weight is 459 g/mol. The first-order valence-electron chi connectivity index (χ1n) is 11.0. The van der Waals surface area contributed by atoms with Crippen molar-refractivity contribution in [1.29, 1.82) is 0 Å². The van der Waals surface area contributed by atoms with E-state index in [1.165, 1.54) is 4.90 Å². The summed E-state index contributed by atoms with van der Waals surface area (Å²) < 4.78 is 45.8. The minimum Gasteiger partial charge on any atom is -0.490 e. The summed E-state index contributed by atoms with van der Waals surface area (Å²) in [5.41, 5.74) is 3.26. The summed E-state index contributed by atoms with van der Waals surface area (Å²) in [6.07, 6.45) is 1.70. The summed E-state index contributed by atoms with van der Waals surface area (Å²) >= 11 is 0. The molecule has 4 heterocycles. The number of fused-ring (bicyclic) bond motifs is 1. The lowest BCUT2D eigenvalue weighted by Crippen LogP contribution is -2.54. The molecule has 7 nitrogen and oxygen atoms in total. The number of alkyl halides is 3. The molecular weight excluding hydrogens is 435 g/mol. The molecule has 174 valence electrons. The van der Waals surface area contributed by atoms with Crippen LogP contribution in [0.2, 0.25) is 0 Å². The Labute approximate surface area is 188 Å². The van der Waals surface area contributed by atoms with Crippen LogP contribution in [0, 0.1) is 12.8 Å². The van der Waals surface area contributed by atoms with Gasteiger partial charge in [-0.05, 0) is 49.9 Å². The van der Waals surface area contributed by atoms with Crippen LogP contribution in [0.15, 0.2) is 36.7 Å². The average Bonchev–Trinajstić information content (AvgIpc) is 3.52. The number of hydrogen-bond acceptors (Lipinski definition) is 5. The normalized spacial score (nSPS) is 18.8. The van der Waals surface area contributed by atoms with E-state index < -0.39 is 12.7 Å². The van der Waals surface area contributed by atoms with E-state index in [4.69, 9.17) is 4.74 Å². The van der Waals surface area contributed by atoms with Gasteiger partial charge in [0.2, 0.25) is 5.91 Å². The zero-order valence-corrected chi connectivity index (χ0v) is 18.1. The molecule has 1 aliphatic heterocycles. The minimum atomic E-state index is -4.22. The van der Waals surface area contributed by atoms with Crippen molar-refractivity contribution < 1.29 is 22.7 Å². The van der Waals surface area contributed by atoms with Gasteiger partial charge in [0.05, 0.1) is 18.3 Å². The molecule has 10 heteroatoms. The van der Waals surface area contributed by atoms with Crippen LogP contribution in [0.5, 0.6) is 5.75 Å². The van der Waals surface area contributed by atoms with Crippen molar-refractivity contribution in [2.24, 2.45) is 5.92 Å². The molecule has 3 aromatic heterocycles. The fourth-order valence-electron chi connectivity index (χ4n) is 3.99. The number of carbonyl (C=O) groups excluding carboxylic acids is 1. The lowest BCUT2D eigenvalue weighted by atomic mass is 10.0. The standard InChI is InChI=1S/C23H24F3N5O2/c1-14-8-19(20(11-27-14)33-12-17-5-6-30(17)13-23(24,25)26)16-4-7-31-18(9-16)10-21(29-31)28-22(32)15-2-3-15/h4,7-11,15,17H,2-3,5-6,12-13H2,1H3,(H,28,29,32)/t17-/m1/s1. The summed E-state index contributed by atoms with van der Waals surface area (Å²) in [7, 11) is 0. The molecule has 0 radical (unpaired) electrons. The maximum absolute atomic E-state index is 12.7. The fourth-order valence-corrected chi connectivity index (χ4v) is 3.99. The van der Waals surface area contributed by atoms with E-state index in [0.717, 1.165) is 35.2 Å². The third kappa shape index (κ3) is 4.95. The van der Waals surface area contributed by atoms with Crippen LogP contribution in [0.25, 0.3) is 16.6 Å². The Morgan fingerprint density at radius 1 is 1.24 bits per heavy atom. The SMILES string of the molecule is Cc1cc(-c2ccn3nc(NC(=O)C4CC4)cc3c2)c(OC[C@H]2CCN2CC(F)(F)F)cn1. The zero-order chi connectivity index (χ0) is 23.2. The second-order valence-electron chi connectivity index (χ2n) is 8.74. The van der Waals surface area contributed by atoms with Gasteiger partial charge in [0.1, 0.15) is 12.4 Å². The van der Waals surface area contributed by atoms with Gasteiger partial charge >= 0.3 is 6.18 Å². The van der Waals surface area contributed by atoms with Gasteiger partial charge in [0.25, 0.3) is 0 Å². The Kier molecular flexibility index (Phi) is 5.48. The first-order chi connectivity index (χ1) is 15.7. The van der Waals surface area contributed by atoms with Gasteiger partial charge in [0.15, 0.2) is 5.82 Å². The van der Waals surface area contributed by atoms with Crippen molar-refractivity contribution in [2.75, 3.05) is 25.0 Å². The molecule has 0 bridgehead atoms. The number of hydrogen-bond donors (Lipinski definition) is 1. The number of halogens is 3. The highest BCUT2D eigenvalue weighted by Gasteiger charge is 2.38. The van der Waals surface area contributed by atoms with E-state index in [2.05, 4.69) is 15.4 Å². The largest absolute Gasteiger partial charge is 0.490 e. The Hall–Kier alpha value is -3.14. The van der Waals surface area contributed by atoms with E-state index in [0.29, 0.717) is 24.5 Å². The van der Waals surface area contributed by atoms with Crippen molar-refractivity contribution in [3.63, 3.8) is 0 Å². The summed E-state index contributed by atoms with van der Waals surface area (Å²) in [4.78, 5) is 17.7. The number of anilines is 1. The maximum Gasteiger partial charge on any atom is 0.401 e. The van der Waals surface area contributed by atoms with Crippen LogP contribution in [0.3, 0.4) is 0 Å². The summed E-state index contributed by atoms with van der Waals surface area (Å²) in [5, 5.41) is 7.25. The van der Waals surface area contributed by atoms with Crippen molar-refractivity contribution in [2.45, 2.75) is 38.4 Å². The molecule has 3 aromatic rings. The van der Waals surface area contributed by atoms with E-state index in [9.17, 15) is 18.0 Å². The maximum atomic E-state index is 12.7. The molecule has 0 spiro atoms. The first kappa shape index (κ1) is 21.7. The molecule has 1 aliphatic carbocycles. The molecule has 2 fully saturated rings. The van der Waals surface area contributed by atoms with Gasteiger partial charge in [-0.15, -0.1) is 0 Å². The van der Waals surface area contributed by atoms with E-state index in [-0.39, 0.29) is 24.5 Å². The van der Waals surface area contributed by atoms with Crippen molar-refractivity contribution in [1.82, 2.24) is 19.5 Å². The lowest BCUT2D eigenvalue weighted by molar-refractivity contribution is -0.163. The molecule has 0 unspecified atom stereocenters. The van der Waals surface area contributed by atoms with Crippen molar-refractivity contribution >= 4 is 17.2 Å². The highest BCUT2D eigenvalue weighted by Crippen LogP contribution is 2.33. The third-order valence-corrected chi connectivity index (χ3v) is 6.06. The number of ether oxygens (including phenoxy) is 1. The van der Waals surface area contributed by atoms with Gasteiger partial charge in [0, 0.05) is 42.0 Å². The fraction of sp³-hybridized carbons (Fsp3) is 0.435. The highest BCUT2D eigenvalue weighted by molar-refractivity contribution is 5.93. The van der Waals surface area contributed by atoms with Crippen LogP contribution < -0.4 is 10.1 Å². The van der Waals surface area contributed by atoms with E-state index >= 15 is 0 Å². The molecule has 5 rings (SSSR count). The summed E-state index contributed by atoms with van der Waals surface area (Å²) in [5.74, 6) is 1.11. The van der Waals surface area contributed by atoms with Crippen molar-refractivity contribution in [3.8, 4) is 16.9 Å². The number of amides is 1. The zero-order valence-electron chi connectivity index (χ0n) is 18.1. The lowest BCUT2D eigenvalue weighted by Gasteiger charge is -2.40. The Balaban J connectivity index is 1.34. The second kappa shape index (κ2) is 8.33. The summed E-state index contributed by atoms with van der Waals surface area (Å²) in [6.45, 7) is 1.54. The Bertz CT molecular complexity index is 1190.